The standard InChI is InChI=1S/C29H26Cl2N2O4S/c30-21-11-9-20(24(31)15-21)18-37-25-12-10-19-7-3-4-8-22(19)23(25)16-26-28(35)33(29(36)38-26)17-27(34)32-13-5-1-2-6-14-32/h3-4,7-12,15-16H,1-2,5-6,13-14,17-18H2. The molecule has 0 unspecified atom stereocenters. The minimum absolute atomic E-state index is 0.190. The first kappa shape index (κ1) is 26.6. The Morgan fingerprint density at radius 3 is 2.50 bits per heavy atom. The van der Waals surface area contributed by atoms with Crippen LogP contribution < -0.4 is 4.74 Å². The number of carbonyl (C=O) groups is 3. The SMILES string of the molecule is O=C(CN1C(=O)SC(=Cc2c(OCc3ccc(Cl)cc3Cl)ccc3ccccc23)C1=O)N1CCCCCC1. The second-order valence-electron chi connectivity index (χ2n) is 9.29. The zero-order valence-corrected chi connectivity index (χ0v) is 23.0. The van der Waals surface area contributed by atoms with Gasteiger partial charge in [0.15, 0.2) is 0 Å². The summed E-state index contributed by atoms with van der Waals surface area (Å²) in [5.74, 6) is -0.116. The Morgan fingerprint density at radius 2 is 1.74 bits per heavy atom. The number of rotatable bonds is 6. The Labute approximate surface area is 235 Å². The van der Waals surface area contributed by atoms with Crippen molar-refractivity contribution in [3.63, 3.8) is 0 Å². The van der Waals surface area contributed by atoms with Gasteiger partial charge in [0.2, 0.25) is 5.91 Å². The molecule has 5 rings (SSSR count). The molecule has 2 aliphatic heterocycles. The van der Waals surface area contributed by atoms with Crippen LogP contribution in [0.15, 0.2) is 59.5 Å². The van der Waals surface area contributed by atoms with Crippen LogP contribution in [0.4, 0.5) is 4.79 Å². The van der Waals surface area contributed by atoms with E-state index in [4.69, 9.17) is 27.9 Å². The zero-order chi connectivity index (χ0) is 26.6. The molecule has 0 aromatic heterocycles. The lowest BCUT2D eigenvalue weighted by atomic mass is 10.0. The smallest absolute Gasteiger partial charge is 0.294 e. The minimum Gasteiger partial charge on any atom is -0.488 e. The van der Waals surface area contributed by atoms with Crippen molar-refractivity contribution in [2.45, 2.75) is 32.3 Å². The number of likely N-dealkylation sites (tertiary alicyclic amines) is 1. The average Bonchev–Trinajstić information content (AvgIpc) is 3.09. The second kappa shape index (κ2) is 11.8. The predicted molar refractivity (Wildman–Crippen MR) is 152 cm³/mol. The van der Waals surface area contributed by atoms with E-state index in [1.807, 2.05) is 36.4 Å². The van der Waals surface area contributed by atoms with E-state index in [0.29, 0.717) is 34.4 Å². The number of hydrogen-bond acceptors (Lipinski definition) is 5. The largest absolute Gasteiger partial charge is 0.488 e. The van der Waals surface area contributed by atoms with Gasteiger partial charge >= 0.3 is 0 Å². The molecule has 9 heteroatoms. The third-order valence-corrected chi connectivity index (χ3v) is 8.22. The van der Waals surface area contributed by atoms with Crippen molar-refractivity contribution in [1.29, 1.82) is 0 Å². The summed E-state index contributed by atoms with van der Waals surface area (Å²) in [6.45, 7) is 1.29. The summed E-state index contributed by atoms with van der Waals surface area (Å²) in [5, 5.41) is 2.43. The summed E-state index contributed by atoms with van der Waals surface area (Å²) < 4.78 is 6.15. The molecule has 0 radical (unpaired) electrons. The second-order valence-corrected chi connectivity index (χ2v) is 11.1. The van der Waals surface area contributed by atoms with Gasteiger partial charge in [-0.15, -0.1) is 0 Å². The summed E-state index contributed by atoms with van der Waals surface area (Å²) in [4.78, 5) is 42.0. The molecule has 3 aromatic carbocycles. The van der Waals surface area contributed by atoms with E-state index in [9.17, 15) is 14.4 Å². The molecular weight excluding hydrogens is 543 g/mol. The quantitative estimate of drug-likeness (QED) is 0.295. The number of nitrogens with zero attached hydrogens (tertiary/aromatic N) is 2. The maximum absolute atomic E-state index is 13.3. The van der Waals surface area contributed by atoms with Crippen LogP contribution in [0.5, 0.6) is 5.75 Å². The fourth-order valence-electron chi connectivity index (χ4n) is 4.67. The van der Waals surface area contributed by atoms with Gasteiger partial charge in [-0.2, -0.15) is 0 Å². The van der Waals surface area contributed by atoms with Crippen LogP contribution in [0.2, 0.25) is 10.0 Å². The van der Waals surface area contributed by atoms with Crippen LogP contribution in [0.3, 0.4) is 0 Å². The van der Waals surface area contributed by atoms with Gasteiger partial charge in [0.25, 0.3) is 11.1 Å². The topological polar surface area (TPSA) is 66.9 Å². The highest BCUT2D eigenvalue weighted by molar-refractivity contribution is 8.18. The molecule has 0 spiro atoms. The Morgan fingerprint density at radius 1 is 0.974 bits per heavy atom. The molecule has 0 aliphatic carbocycles. The van der Waals surface area contributed by atoms with Gasteiger partial charge in [0.05, 0.1) is 4.91 Å². The zero-order valence-electron chi connectivity index (χ0n) is 20.6. The lowest BCUT2D eigenvalue weighted by Crippen LogP contribution is -2.42. The first-order valence-corrected chi connectivity index (χ1v) is 14.1. The number of carbonyl (C=O) groups excluding carboxylic acids is 3. The molecule has 196 valence electrons. The van der Waals surface area contributed by atoms with Crippen molar-refractivity contribution in [2.24, 2.45) is 0 Å². The van der Waals surface area contributed by atoms with Crippen molar-refractivity contribution in [3.8, 4) is 5.75 Å². The Balaban J connectivity index is 1.41. The number of thioether (sulfide) groups is 1. The van der Waals surface area contributed by atoms with Gasteiger partial charge in [-0.05, 0) is 59.7 Å². The summed E-state index contributed by atoms with van der Waals surface area (Å²) in [7, 11) is 0. The van der Waals surface area contributed by atoms with Crippen molar-refractivity contribution < 1.29 is 19.1 Å². The third-order valence-electron chi connectivity index (χ3n) is 6.73. The molecule has 0 saturated carbocycles. The van der Waals surface area contributed by atoms with Gasteiger partial charge in [0.1, 0.15) is 18.9 Å². The van der Waals surface area contributed by atoms with Crippen LogP contribution in [0, 0.1) is 0 Å². The summed E-state index contributed by atoms with van der Waals surface area (Å²) in [6, 6.07) is 16.7. The van der Waals surface area contributed by atoms with Gasteiger partial charge < -0.3 is 9.64 Å². The average molecular weight is 570 g/mol. The number of amides is 3. The van der Waals surface area contributed by atoms with Crippen LogP contribution in [0.25, 0.3) is 16.8 Å². The molecule has 0 N–H and O–H groups in total. The number of benzene rings is 3. The van der Waals surface area contributed by atoms with E-state index in [2.05, 4.69) is 0 Å². The van der Waals surface area contributed by atoms with Crippen molar-refractivity contribution in [3.05, 3.63) is 80.7 Å². The molecule has 38 heavy (non-hydrogen) atoms. The third kappa shape index (κ3) is 5.85. The molecule has 3 amide bonds. The van der Waals surface area contributed by atoms with Crippen LogP contribution in [0.1, 0.15) is 36.8 Å². The lowest BCUT2D eigenvalue weighted by molar-refractivity contribution is -0.135. The molecule has 2 heterocycles. The molecule has 0 atom stereocenters. The highest BCUT2D eigenvalue weighted by atomic mass is 35.5. The number of fused-ring (bicyclic) bond motifs is 1. The molecule has 2 aliphatic rings. The van der Waals surface area contributed by atoms with E-state index in [0.717, 1.165) is 58.7 Å². The molecule has 2 saturated heterocycles. The molecule has 3 aromatic rings. The Hall–Kier alpha value is -3.00. The monoisotopic (exact) mass is 568 g/mol. The number of ether oxygens (including phenoxy) is 1. The summed E-state index contributed by atoms with van der Waals surface area (Å²) in [6.07, 6.45) is 5.75. The van der Waals surface area contributed by atoms with E-state index >= 15 is 0 Å². The maximum atomic E-state index is 13.3. The first-order valence-electron chi connectivity index (χ1n) is 12.5. The molecule has 6 nitrogen and oxygen atoms in total. The fourth-order valence-corrected chi connectivity index (χ4v) is 5.95. The fraction of sp³-hybridized carbons (Fsp3) is 0.276. The van der Waals surface area contributed by atoms with Gasteiger partial charge in [0, 0.05) is 34.3 Å². The number of hydrogen-bond donors (Lipinski definition) is 0. The molecule has 0 bridgehead atoms. The van der Waals surface area contributed by atoms with E-state index in [1.165, 1.54) is 0 Å². The Kier molecular flexibility index (Phi) is 8.27. The van der Waals surface area contributed by atoms with Crippen molar-refractivity contribution in [1.82, 2.24) is 9.80 Å². The summed E-state index contributed by atoms with van der Waals surface area (Å²) in [5.41, 5.74) is 1.44. The summed E-state index contributed by atoms with van der Waals surface area (Å²) >= 11 is 13.2. The molecular formula is C29H26Cl2N2O4S. The highest BCUT2D eigenvalue weighted by Gasteiger charge is 2.37. The number of imide groups is 1. The van der Waals surface area contributed by atoms with Gasteiger partial charge in [-0.1, -0.05) is 72.4 Å². The van der Waals surface area contributed by atoms with E-state index in [-0.39, 0.29) is 24.0 Å². The van der Waals surface area contributed by atoms with Gasteiger partial charge in [-0.3, -0.25) is 19.3 Å². The van der Waals surface area contributed by atoms with E-state index in [1.54, 1.807) is 29.2 Å². The molecule has 2 fully saturated rings. The lowest BCUT2D eigenvalue weighted by Gasteiger charge is -2.22. The van der Waals surface area contributed by atoms with Crippen LogP contribution in [-0.4, -0.2) is 46.5 Å². The first-order chi connectivity index (χ1) is 18.4. The van der Waals surface area contributed by atoms with E-state index < -0.39 is 11.1 Å². The predicted octanol–water partition coefficient (Wildman–Crippen LogP) is 7.16. The minimum atomic E-state index is -0.470. The van der Waals surface area contributed by atoms with Crippen molar-refractivity contribution in [2.75, 3.05) is 19.6 Å². The normalized spacial score (nSPS) is 17.4. The maximum Gasteiger partial charge on any atom is 0.294 e. The van der Waals surface area contributed by atoms with Crippen LogP contribution in [-0.2, 0) is 16.2 Å². The Bertz CT molecular complexity index is 1430. The van der Waals surface area contributed by atoms with Crippen LogP contribution >= 0.6 is 35.0 Å². The highest BCUT2D eigenvalue weighted by Crippen LogP contribution is 2.37. The van der Waals surface area contributed by atoms with Crippen molar-refractivity contribution >= 4 is 68.9 Å². The van der Waals surface area contributed by atoms with Gasteiger partial charge in [-0.25, -0.2) is 0 Å². The number of halogens is 2.